The van der Waals surface area contributed by atoms with Crippen LogP contribution in [0.25, 0.3) is 10.9 Å². The number of carbonyl (C=O) groups excluding carboxylic acids is 2. The highest BCUT2D eigenvalue weighted by molar-refractivity contribution is 5.94. The monoisotopic (exact) mass is 459 g/mol. The molecule has 4 rings (SSSR count). The minimum atomic E-state index is -0.641. The molecule has 176 valence electrons. The van der Waals surface area contributed by atoms with Crippen LogP contribution >= 0.6 is 0 Å². The van der Waals surface area contributed by atoms with E-state index in [1.54, 1.807) is 4.90 Å². The summed E-state index contributed by atoms with van der Waals surface area (Å²) in [7, 11) is 0. The van der Waals surface area contributed by atoms with Gasteiger partial charge in [-0.05, 0) is 50.7 Å². The Hall–Kier alpha value is -3.98. The van der Waals surface area contributed by atoms with Crippen LogP contribution in [0.1, 0.15) is 37.7 Å². The van der Waals surface area contributed by atoms with Gasteiger partial charge in [0.15, 0.2) is 5.57 Å². The fourth-order valence-electron chi connectivity index (χ4n) is 4.64. The van der Waals surface area contributed by atoms with Crippen LogP contribution in [0.5, 0.6) is 0 Å². The molecule has 0 spiro atoms. The van der Waals surface area contributed by atoms with Crippen LogP contribution in [0.15, 0.2) is 35.8 Å². The quantitative estimate of drug-likeness (QED) is 0.570. The maximum absolute atomic E-state index is 13.4. The molecule has 9 nitrogen and oxygen atoms in total. The van der Waals surface area contributed by atoms with Crippen molar-refractivity contribution in [1.82, 2.24) is 20.1 Å². The first-order valence-corrected chi connectivity index (χ1v) is 11.7. The number of aromatic nitrogens is 1. The van der Waals surface area contributed by atoms with Crippen LogP contribution in [-0.2, 0) is 9.59 Å². The van der Waals surface area contributed by atoms with Gasteiger partial charge in [-0.25, -0.2) is 0 Å². The van der Waals surface area contributed by atoms with Crippen molar-refractivity contribution in [2.24, 2.45) is 0 Å². The van der Waals surface area contributed by atoms with Crippen LogP contribution in [-0.4, -0.2) is 58.8 Å². The third kappa shape index (κ3) is 4.84. The van der Waals surface area contributed by atoms with Gasteiger partial charge in [-0.2, -0.15) is 10.5 Å². The summed E-state index contributed by atoms with van der Waals surface area (Å²) in [6, 6.07) is 8.94. The standard InChI is InChI=1S/C25H29N7O2/c1-17-15-28-23-19(17)7-6-9-20(23)29-24(18(13-26)14-27)30-21-8-2-3-12-32(25(21)34)16-22(33)31-10-4-5-11-31/h6-7,9,15,21,28-30H,2-5,8,10-12,16H2,1H3/t21-/m0/s1. The summed E-state index contributed by atoms with van der Waals surface area (Å²) < 4.78 is 0. The Kier molecular flexibility index (Phi) is 7.03. The first-order chi connectivity index (χ1) is 16.5. The zero-order chi connectivity index (χ0) is 24.1. The zero-order valence-corrected chi connectivity index (χ0v) is 19.4. The number of allylic oxidation sites excluding steroid dienone is 1. The normalized spacial score (nSPS) is 18.2. The third-order valence-corrected chi connectivity index (χ3v) is 6.54. The van der Waals surface area contributed by atoms with Gasteiger partial charge in [-0.3, -0.25) is 9.59 Å². The maximum Gasteiger partial charge on any atom is 0.245 e. The van der Waals surface area contributed by atoms with E-state index in [1.165, 1.54) is 0 Å². The summed E-state index contributed by atoms with van der Waals surface area (Å²) in [6.07, 6.45) is 6.05. The van der Waals surface area contributed by atoms with Crippen molar-refractivity contribution < 1.29 is 9.59 Å². The van der Waals surface area contributed by atoms with Crippen molar-refractivity contribution in [2.45, 2.75) is 45.1 Å². The number of aryl methyl sites for hydroxylation is 1. The molecule has 9 heteroatoms. The highest BCUT2D eigenvalue weighted by atomic mass is 16.2. The van der Waals surface area contributed by atoms with Crippen LogP contribution < -0.4 is 10.6 Å². The summed E-state index contributed by atoms with van der Waals surface area (Å²) in [6.45, 7) is 4.07. The van der Waals surface area contributed by atoms with E-state index in [0.29, 0.717) is 18.7 Å². The molecule has 1 aromatic carbocycles. The lowest BCUT2D eigenvalue weighted by atomic mass is 10.1. The summed E-state index contributed by atoms with van der Waals surface area (Å²) in [5.41, 5.74) is 2.48. The number of aromatic amines is 1. The molecule has 2 aliphatic heterocycles. The molecule has 0 aliphatic carbocycles. The fraction of sp³-hybridized carbons (Fsp3) is 0.440. The largest absolute Gasteiger partial charge is 0.359 e. The van der Waals surface area contributed by atoms with E-state index in [-0.39, 0.29) is 29.8 Å². The average molecular weight is 460 g/mol. The second-order valence-corrected chi connectivity index (χ2v) is 8.84. The number of nitrogens with zero attached hydrogens (tertiary/aromatic N) is 4. The lowest BCUT2D eigenvalue weighted by molar-refractivity contribution is -0.140. The van der Waals surface area contributed by atoms with E-state index in [4.69, 9.17) is 0 Å². The number of hydrogen-bond donors (Lipinski definition) is 3. The minimum Gasteiger partial charge on any atom is -0.359 e. The van der Waals surface area contributed by atoms with Crippen molar-refractivity contribution in [1.29, 1.82) is 10.5 Å². The second kappa shape index (κ2) is 10.3. The summed E-state index contributed by atoms with van der Waals surface area (Å²) >= 11 is 0. The molecule has 0 radical (unpaired) electrons. The van der Waals surface area contributed by atoms with Crippen LogP contribution in [0.2, 0.25) is 0 Å². The van der Waals surface area contributed by atoms with E-state index in [9.17, 15) is 20.1 Å². The van der Waals surface area contributed by atoms with Gasteiger partial charge < -0.3 is 25.4 Å². The number of benzene rings is 1. The Bertz CT molecular complexity index is 1180. The fourth-order valence-corrected chi connectivity index (χ4v) is 4.64. The van der Waals surface area contributed by atoms with Crippen molar-refractivity contribution in [2.75, 3.05) is 31.5 Å². The molecule has 2 saturated heterocycles. The zero-order valence-electron chi connectivity index (χ0n) is 19.4. The van der Waals surface area contributed by atoms with Gasteiger partial charge in [0.25, 0.3) is 0 Å². The molecule has 2 fully saturated rings. The predicted octanol–water partition coefficient (Wildman–Crippen LogP) is 2.74. The van der Waals surface area contributed by atoms with Gasteiger partial charge in [0.05, 0.1) is 17.7 Å². The Morgan fingerprint density at radius 1 is 1.15 bits per heavy atom. The number of para-hydroxylation sites is 1. The summed E-state index contributed by atoms with van der Waals surface area (Å²) in [5.74, 6) is -0.0201. The third-order valence-electron chi connectivity index (χ3n) is 6.54. The first kappa shape index (κ1) is 23.2. The number of H-pyrrole nitrogens is 1. The number of nitriles is 2. The van der Waals surface area contributed by atoms with Crippen molar-refractivity contribution in [3.8, 4) is 12.1 Å². The maximum atomic E-state index is 13.4. The Labute approximate surface area is 199 Å². The molecule has 1 aromatic heterocycles. The van der Waals surface area contributed by atoms with E-state index in [0.717, 1.165) is 55.2 Å². The average Bonchev–Trinajstić information content (AvgIpc) is 3.48. The molecule has 34 heavy (non-hydrogen) atoms. The number of fused-ring (bicyclic) bond motifs is 1. The number of likely N-dealkylation sites (tertiary alicyclic amines) is 2. The second-order valence-electron chi connectivity index (χ2n) is 8.84. The molecule has 1 atom stereocenters. The van der Waals surface area contributed by atoms with Crippen LogP contribution in [0.3, 0.4) is 0 Å². The highest BCUT2D eigenvalue weighted by Crippen LogP contribution is 2.26. The molecule has 0 unspecified atom stereocenters. The number of nitrogens with one attached hydrogen (secondary N) is 3. The topological polar surface area (TPSA) is 128 Å². The van der Waals surface area contributed by atoms with E-state index >= 15 is 0 Å². The molecule has 2 amide bonds. The highest BCUT2D eigenvalue weighted by Gasteiger charge is 2.31. The van der Waals surface area contributed by atoms with Crippen molar-refractivity contribution in [3.63, 3.8) is 0 Å². The molecular formula is C25H29N7O2. The Morgan fingerprint density at radius 3 is 2.62 bits per heavy atom. The number of hydrogen-bond acceptors (Lipinski definition) is 6. The molecule has 3 N–H and O–H groups in total. The van der Waals surface area contributed by atoms with Gasteiger partial charge in [-0.1, -0.05) is 12.1 Å². The smallest absolute Gasteiger partial charge is 0.245 e. The molecule has 0 bridgehead atoms. The first-order valence-electron chi connectivity index (χ1n) is 11.7. The SMILES string of the molecule is Cc1c[nH]c2c(NC(N[C@H]3CCCCN(CC(=O)N4CCCC4)C3=O)=C(C#N)C#N)cccc12. The molecular weight excluding hydrogens is 430 g/mol. The number of carbonyl (C=O) groups is 2. The van der Waals surface area contributed by atoms with E-state index in [2.05, 4.69) is 15.6 Å². The number of amides is 2. The Morgan fingerprint density at radius 2 is 1.88 bits per heavy atom. The van der Waals surface area contributed by atoms with Gasteiger partial charge >= 0.3 is 0 Å². The molecule has 3 heterocycles. The van der Waals surface area contributed by atoms with Gasteiger partial charge in [0.1, 0.15) is 24.0 Å². The lowest BCUT2D eigenvalue weighted by Gasteiger charge is -2.27. The van der Waals surface area contributed by atoms with E-state index in [1.807, 2.05) is 48.4 Å². The molecule has 2 aromatic rings. The number of rotatable bonds is 6. The summed E-state index contributed by atoms with van der Waals surface area (Å²) in [5, 5.41) is 26.5. The minimum absolute atomic E-state index is 0.0241. The number of anilines is 1. The lowest BCUT2D eigenvalue weighted by Crippen LogP contribution is -2.49. The molecule has 0 saturated carbocycles. The van der Waals surface area contributed by atoms with Crippen LogP contribution in [0.4, 0.5) is 5.69 Å². The van der Waals surface area contributed by atoms with Crippen molar-refractivity contribution >= 4 is 28.4 Å². The predicted molar refractivity (Wildman–Crippen MR) is 128 cm³/mol. The van der Waals surface area contributed by atoms with Crippen molar-refractivity contribution in [3.05, 3.63) is 41.4 Å². The van der Waals surface area contributed by atoms with Gasteiger partial charge in [-0.15, -0.1) is 0 Å². The van der Waals surface area contributed by atoms with Gasteiger partial charge in [0, 0.05) is 31.2 Å². The van der Waals surface area contributed by atoms with E-state index < -0.39 is 6.04 Å². The van der Waals surface area contributed by atoms with Gasteiger partial charge in [0.2, 0.25) is 11.8 Å². The summed E-state index contributed by atoms with van der Waals surface area (Å²) in [4.78, 5) is 32.7. The Balaban J connectivity index is 1.56. The molecule has 2 aliphatic rings. The van der Waals surface area contributed by atoms with Crippen LogP contribution in [0, 0.1) is 29.6 Å².